The van der Waals surface area contributed by atoms with Gasteiger partial charge in [0.1, 0.15) is 6.61 Å². The molecule has 20 heavy (non-hydrogen) atoms. The molecule has 1 fully saturated rings. The van der Waals surface area contributed by atoms with Crippen LogP contribution in [-0.4, -0.2) is 30.5 Å². The summed E-state index contributed by atoms with van der Waals surface area (Å²) in [5.41, 5.74) is 1.03. The van der Waals surface area contributed by atoms with Crippen LogP contribution in [0.5, 0.6) is 0 Å². The molecule has 1 aromatic rings. The smallest absolute Gasteiger partial charge is 0.310 e. The van der Waals surface area contributed by atoms with Crippen molar-refractivity contribution in [1.29, 1.82) is 0 Å². The van der Waals surface area contributed by atoms with Gasteiger partial charge in [-0.3, -0.25) is 4.79 Å². The quantitative estimate of drug-likeness (QED) is 0.716. The Morgan fingerprint density at radius 3 is 2.55 bits per heavy atom. The second kappa shape index (κ2) is 6.89. The van der Waals surface area contributed by atoms with E-state index in [0.29, 0.717) is 12.6 Å². The molecule has 0 saturated heterocycles. The lowest BCUT2D eigenvalue weighted by atomic mass is 10.1. The summed E-state index contributed by atoms with van der Waals surface area (Å²) in [5, 5.41) is 0. The number of nitrogens with zero attached hydrogens (tertiary/aromatic N) is 1. The number of rotatable bonds is 7. The molecule has 0 bridgehead atoms. The van der Waals surface area contributed by atoms with E-state index >= 15 is 0 Å². The summed E-state index contributed by atoms with van der Waals surface area (Å²) in [6, 6.07) is 10.4. The number of esters is 1. The molecule has 1 aliphatic carbocycles. The van der Waals surface area contributed by atoms with E-state index in [9.17, 15) is 4.79 Å². The fourth-order valence-electron chi connectivity index (χ4n) is 2.48. The van der Waals surface area contributed by atoms with Crippen LogP contribution in [0.1, 0.15) is 32.3 Å². The van der Waals surface area contributed by atoms with E-state index in [4.69, 9.17) is 4.74 Å². The standard InChI is InChI=1S/C17H25NO2/c1-13(11-18(3)14(2)16-9-10-16)17(19)20-12-15-7-5-4-6-8-15/h4-8,13-14,16H,9-12H2,1-3H3. The first-order valence-corrected chi connectivity index (χ1v) is 7.48. The molecule has 2 atom stereocenters. The van der Waals surface area contributed by atoms with E-state index in [2.05, 4.69) is 18.9 Å². The third-order valence-electron chi connectivity index (χ3n) is 4.19. The summed E-state index contributed by atoms with van der Waals surface area (Å²) >= 11 is 0. The van der Waals surface area contributed by atoms with Crippen LogP contribution in [0.4, 0.5) is 0 Å². The summed E-state index contributed by atoms with van der Waals surface area (Å²) in [6.45, 7) is 5.33. The minimum atomic E-state index is -0.108. The molecule has 0 radical (unpaired) electrons. The second-order valence-corrected chi connectivity index (χ2v) is 6.01. The van der Waals surface area contributed by atoms with Crippen molar-refractivity contribution in [2.75, 3.05) is 13.6 Å². The van der Waals surface area contributed by atoms with Gasteiger partial charge in [0.2, 0.25) is 0 Å². The predicted octanol–water partition coefficient (Wildman–Crippen LogP) is 3.10. The average Bonchev–Trinajstić information content (AvgIpc) is 3.29. The molecular formula is C17H25NO2. The first-order chi connectivity index (χ1) is 9.58. The predicted molar refractivity (Wildman–Crippen MR) is 80.2 cm³/mol. The van der Waals surface area contributed by atoms with Crippen molar-refractivity contribution in [3.05, 3.63) is 35.9 Å². The van der Waals surface area contributed by atoms with Crippen molar-refractivity contribution >= 4 is 5.97 Å². The molecule has 0 amide bonds. The lowest BCUT2D eigenvalue weighted by molar-refractivity contribution is -0.150. The number of ether oxygens (including phenoxy) is 1. The fourth-order valence-corrected chi connectivity index (χ4v) is 2.48. The number of carbonyl (C=O) groups is 1. The van der Waals surface area contributed by atoms with Gasteiger partial charge in [-0.1, -0.05) is 37.3 Å². The maximum absolute atomic E-state index is 12.0. The van der Waals surface area contributed by atoms with Gasteiger partial charge in [-0.2, -0.15) is 0 Å². The van der Waals surface area contributed by atoms with Crippen LogP contribution in [0.3, 0.4) is 0 Å². The SMILES string of the molecule is CC(CN(C)C(C)C1CC1)C(=O)OCc1ccccc1. The molecule has 0 N–H and O–H groups in total. The summed E-state index contributed by atoms with van der Waals surface area (Å²) in [6.07, 6.45) is 2.66. The molecule has 0 spiro atoms. The summed E-state index contributed by atoms with van der Waals surface area (Å²) in [7, 11) is 2.10. The second-order valence-electron chi connectivity index (χ2n) is 6.01. The zero-order chi connectivity index (χ0) is 14.5. The van der Waals surface area contributed by atoms with Gasteiger partial charge in [0.15, 0.2) is 0 Å². The third-order valence-corrected chi connectivity index (χ3v) is 4.19. The molecule has 2 rings (SSSR count). The molecule has 0 aromatic heterocycles. The number of hydrogen-bond donors (Lipinski definition) is 0. The molecule has 2 unspecified atom stereocenters. The van der Waals surface area contributed by atoms with Gasteiger partial charge >= 0.3 is 5.97 Å². The van der Waals surface area contributed by atoms with E-state index in [1.54, 1.807) is 0 Å². The Bertz CT molecular complexity index is 428. The van der Waals surface area contributed by atoms with Crippen molar-refractivity contribution in [2.24, 2.45) is 11.8 Å². The number of carbonyl (C=O) groups excluding carboxylic acids is 1. The highest BCUT2D eigenvalue weighted by molar-refractivity contribution is 5.72. The Labute approximate surface area is 121 Å². The molecule has 0 heterocycles. The molecule has 1 saturated carbocycles. The Kier molecular flexibility index (Phi) is 5.18. The highest BCUT2D eigenvalue weighted by Gasteiger charge is 2.31. The minimum absolute atomic E-state index is 0.0788. The van der Waals surface area contributed by atoms with E-state index in [1.807, 2.05) is 37.3 Å². The highest BCUT2D eigenvalue weighted by Crippen LogP contribution is 2.34. The van der Waals surface area contributed by atoms with Crippen molar-refractivity contribution in [1.82, 2.24) is 4.90 Å². The Morgan fingerprint density at radius 1 is 1.30 bits per heavy atom. The Hall–Kier alpha value is -1.35. The highest BCUT2D eigenvalue weighted by atomic mass is 16.5. The van der Waals surface area contributed by atoms with Gasteiger partial charge in [0, 0.05) is 12.6 Å². The van der Waals surface area contributed by atoms with Crippen molar-refractivity contribution < 1.29 is 9.53 Å². The molecule has 110 valence electrons. The summed E-state index contributed by atoms with van der Waals surface area (Å²) in [5.74, 6) is 0.640. The van der Waals surface area contributed by atoms with Gasteiger partial charge < -0.3 is 9.64 Å². The molecule has 3 nitrogen and oxygen atoms in total. The maximum Gasteiger partial charge on any atom is 0.310 e. The Morgan fingerprint density at radius 2 is 1.95 bits per heavy atom. The van der Waals surface area contributed by atoms with Crippen LogP contribution >= 0.6 is 0 Å². The average molecular weight is 275 g/mol. The zero-order valence-corrected chi connectivity index (χ0v) is 12.7. The van der Waals surface area contributed by atoms with E-state index in [0.717, 1.165) is 18.0 Å². The van der Waals surface area contributed by atoms with Crippen molar-refractivity contribution in [3.8, 4) is 0 Å². The number of benzene rings is 1. The van der Waals surface area contributed by atoms with Gasteiger partial charge in [0.25, 0.3) is 0 Å². The normalized spacial score (nSPS) is 17.8. The van der Waals surface area contributed by atoms with Gasteiger partial charge in [-0.15, -0.1) is 0 Å². The van der Waals surface area contributed by atoms with Crippen molar-refractivity contribution in [2.45, 2.75) is 39.3 Å². The van der Waals surface area contributed by atoms with E-state index in [1.165, 1.54) is 12.8 Å². The van der Waals surface area contributed by atoms with Gasteiger partial charge in [0.05, 0.1) is 5.92 Å². The van der Waals surface area contributed by atoms with Crippen LogP contribution in [-0.2, 0) is 16.1 Å². The van der Waals surface area contributed by atoms with Gasteiger partial charge in [-0.25, -0.2) is 0 Å². The van der Waals surface area contributed by atoms with Crippen LogP contribution < -0.4 is 0 Å². The molecule has 0 aliphatic heterocycles. The molecule has 3 heteroatoms. The first-order valence-electron chi connectivity index (χ1n) is 7.48. The van der Waals surface area contributed by atoms with E-state index < -0.39 is 0 Å². The monoisotopic (exact) mass is 275 g/mol. The van der Waals surface area contributed by atoms with Crippen LogP contribution in [0, 0.1) is 11.8 Å². The maximum atomic E-state index is 12.0. The first kappa shape index (κ1) is 15.0. The summed E-state index contributed by atoms with van der Waals surface area (Å²) in [4.78, 5) is 14.3. The molecular weight excluding hydrogens is 250 g/mol. The van der Waals surface area contributed by atoms with Crippen LogP contribution in [0.15, 0.2) is 30.3 Å². The molecule has 1 aromatic carbocycles. The minimum Gasteiger partial charge on any atom is -0.461 e. The van der Waals surface area contributed by atoms with Crippen LogP contribution in [0.2, 0.25) is 0 Å². The van der Waals surface area contributed by atoms with Gasteiger partial charge in [-0.05, 0) is 38.3 Å². The van der Waals surface area contributed by atoms with Crippen molar-refractivity contribution in [3.63, 3.8) is 0 Å². The zero-order valence-electron chi connectivity index (χ0n) is 12.7. The van der Waals surface area contributed by atoms with E-state index in [-0.39, 0.29) is 11.9 Å². The summed E-state index contributed by atoms with van der Waals surface area (Å²) < 4.78 is 5.38. The number of hydrogen-bond acceptors (Lipinski definition) is 3. The fraction of sp³-hybridized carbons (Fsp3) is 0.588. The molecule has 1 aliphatic rings. The third kappa shape index (κ3) is 4.34. The lowest BCUT2D eigenvalue weighted by Crippen LogP contribution is -2.36. The topological polar surface area (TPSA) is 29.5 Å². The lowest BCUT2D eigenvalue weighted by Gasteiger charge is -2.26. The largest absolute Gasteiger partial charge is 0.461 e. The van der Waals surface area contributed by atoms with Crippen LogP contribution in [0.25, 0.3) is 0 Å². The Balaban J connectivity index is 1.74.